The Kier molecular flexibility index (Phi) is 7.06. The summed E-state index contributed by atoms with van der Waals surface area (Å²) in [6.07, 6.45) is 9.58. The van der Waals surface area contributed by atoms with Gasteiger partial charge >= 0.3 is 0 Å². The van der Waals surface area contributed by atoms with E-state index in [0.29, 0.717) is 13.0 Å². The van der Waals surface area contributed by atoms with E-state index in [1.165, 1.54) is 17.5 Å². The van der Waals surface area contributed by atoms with Crippen LogP contribution in [0.25, 0.3) is 0 Å². The molecule has 0 aliphatic heterocycles. The molecule has 25 heavy (non-hydrogen) atoms. The van der Waals surface area contributed by atoms with Gasteiger partial charge in [0.25, 0.3) is 0 Å². The molecule has 5 heteroatoms. The maximum absolute atomic E-state index is 12.8. The highest BCUT2D eigenvalue weighted by Gasteiger charge is 2.21. The Labute approximate surface area is 156 Å². The van der Waals surface area contributed by atoms with Gasteiger partial charge in [0.1, 0.15) is 11.6 Å². The molecule has 1 aliphatic rings. The minimum Gasteiger partial charge on any atom is -0.493 e. The van der Waals surface area contributed by atoms with Crippen LogP contribution < -0.4 is 4.74 Å². The van der Waals surface area contributed by atoms with Gasteiger partial charge in [-0.15, -0.1) is 12.4 Å². The average Bonchev–Trinajstić information content (AvgIpc) is 3.02. The number of ether oxygens (including phenoxy) is 1. The summed E-state index contributed by atoms with van der Waals surface area (Å²) in [7, 11) is 0. The lowest BCUT2D eigenvalue weighted by Crippen LogP contribution is -2.14. The van der Waals surface area contributed by atoms with Gasteiger partial charge in [-0.25, -0.2) is 4.98 Å². The molecule has 1 aromatic heterocycles. The lowest BCUT2D eigenvalue weighted by atomic mass is 9.86. The predicted octanol–water partition coefficient (Wildman–Crippen LogP) is 4.55. The molecule has 0 radical (unpaired) electrons. The lowest BCUT2D eigenvalue weighted by molar-refractivity contribution is 0.0975. The number of nitrogens with zero attached hydrogens (tertiary/aromatic N) is 2. The van der Waals surface area contributed by atoms with Crippen molar-refractivity contribution >= 4 is 18.2 Å². The molecule has 0 unspecified atom stereocenters. The number of ketones is 1. The van der Waals surface area contributed by atoms with Gasteiger partial charge in [0.05, 0.1) is 6.61 Å². The number of carbonyl (C=O) groups is 1. The predicted molar refractivity (Wildman–Crippen MR) is 102 cm³/mol. The molecule has 2 aromatic rings. The van der Waals surface area contributed by atoms with Crippen LogP contribution in [0.2, 0.25) is 0 Å². The first-order valence-electron chi connectivity index (χ1n) is 8.99. The highest BCUT2D eigenvalue weighted by Crippen LogP contribution is 2.33. The zero-order valence-electron chi connectivity index (χ0n) is 15.1. The van der Waals surface area contributed by atoms with Crippen LogP contribution in [-0.4, -0.2) is 21.9 Å². The number of hydrogen-bond donors (Lipinski definition) is 0. The minimum atomic E-state index is 0. The molecule has 0 N–H and O–H groups in total. The molecule has 1 aliphatic carbocycles. The van der Waals surface area contributed by atoms with Crippen molar-refractivity contribution in [3.63, 3.8) is 0 Å². The number of halogens is 1. The van der Waals surface area contributed by atoms with E-state index in [1.54, 1.807) is 6.20 Å². The Balaban J connectivity index is 0.00000225. The second-order valence-electron chi connectivity index (χ2n) is 6.46. The molecule has 136 valence electrons. The molecule has 0 fully saturated rings. The Hall–Kier alpha value is -1.81. The molecule has 0 amide bonds. The first kappa shape index (κ1) is 19.5. The summed E-state index contributed by atoms with van der Waals surface area (Å²) >= 11 is 0. The zero-order chi connectivity index (χ0) is 16.9. The van der Waals surface area contributed by atoms with E-state index in [9.17, 15) is 4.79 Å². The van der Waals surface area contributed by atoms with Crippen LogP contribution in [0.15, 0.2) is 24.5 Å². The van der Waals surface area contributed by atoms with Gasteiger partial charge in [0.2, 0.25) is 0 Å². The topological polar surface area (TPSA) is 44.1 Å². The third-order valence-corrected chi connectivity index (χ3v) is 4.76. The fourth-order valence-electron chi connectivity index (χ4n) is 3.44. The molecule has 0 saturated heterocycles. The van der Waals surface area contributed by atoms with Crippen molar-refractivity contribution in [1.29, 1.82) is 0 Å². The molecule has 0 bridgehead atoms. The van der Waals surface area contributed by atoms with Gasteiger partial charge < -0.3 is 9.30 Å². The number of imidazole rings is 1. The van der Waals surface area contributed by atoms with E-state index in [0.717, 1.165) is 49.4 Å². The first-order valence-corrected chi connectivity index (χ1v) is 8.99. The Morgan fingerprint density at radius 3 is 2.68 bits per heavy atom. The SMILES string of the molecule is CCCOc1ccc(C(=O)CCn2ccnc2C)c2c1CCCC2.Cl. The van der Waals surface area contributed by atoms with Crippen LogP contribution in [0, 0.1) is 6.92 Å². The van der Waals surface area contributed by atoms with Crippen molar-refractivity contribution in [3.8, 4) is 5.75 Å². The number of hydrogen-bond acceptors (Lipinski definition) is 3. The van der Waals surface area contributed by atoms with Gasteiger partial charge in [-0.3, -0.25) is 4.79 Å². The number of aryl methyl sites for hydroxylation is 2. The smallest absolute Gasteiger partial charge is 0.164 e. The van der Waals surface area contributed by atoms with Crippen molar-refractivity contribution in [2.75, 3.05) is 6.61 Å². The molecule has 0 spiro atoms. The number of carbonyl (C=O) groups excluding carboxylic acids is 1. The maximum atomic E-state index is 12.8. The van der Waals surface area contributed by atoms with Crippen molar-refractivity contribution in [2.45, 2.75) is 58.9 Å². The number of fused-ring (bicyclic) bond motifs is 1. The number of Topliss-reactive ketones (excluding diaryl/α,β-unsaturated/α-hetero) is 1. The molecule has 1 aromatic carbocycles. The van der Waals surface area contributed by atoms with E-state index in [4.69, 9.17) is 4.74 Å². The van der Waals surface area contributed by atoms with E-state index in [1.807, 2.05) is 29.8 Å². The Morgan fingerprint density at radius 1 is 1.24 bits per heavy atom. The van der Waals surface area contributed by atoms with Gasteiger partial charge in [-0.2, -0.15) is 0 Å². The fourth-order valence-corrected chi connectivity index (χ4v) is 3.44. The summed E-state index contributed by atoms with van der Waals surface area (Å²) in [4.78, 5) is 17.0. The van der Waals surface area contributed by atoms with Gasteiger partial charge in [-0.05, 0) is 62.3 Å². The maximum Gasteiger partial charge on any atom is 0.164 e. The third kappa shape index (κ3) is 4.43. The van der Waals surface area contributed by atoms with Crippen molar-refractivity contribution in [2.24, 2.45) is 0 Å². The highest BCUT2D eigenvalue weighted by molar-refractivity contribution is 5.98. The van der Waals surface area contributed by atoms with Crippen molar-refractivity contribution in [3.05, 3.63) is 47.0 Å². The first-order chi connectivity index (χ1) is 11.7. The minimum absolute atomic E-state index is 0. The van der Waals surface area contributed by atoms with Crippen LogP contribution >= 0.6 is 12.4 Å². The van der Waals surface area contributed by atoms with Crippen molar-refractivity contribution < 1.29 is 9.53 Å². The van der Waals surface area contributed by atoms with Gasteiger partial charge in [0, 0.05) is 30.9 Å². The molecule has 3 rings (SSSR count). The van der Waals surface area contributed by atoms with Crippen LogP contribution in [-0.2, 0) is 19.4 Å². The largest absolute Gasteiger partial charge is 0.493 e. The summed E-state index contributed by atoms with van der Waals surface area (Å²) in [5.74, 6) is 2.16. The monoisotopic (exact) mass is 362 g/mol. The molecule has 4 nitrogen and oxygen atoms in total. The molecule has 1 heterocycles. The summed E-state index contributed by atoms with van der Waals surface area (Å²) in [5, 5.41) is 0. The molecular weight excluding hydrogens is 336 g/mol. The Bertz CT molecular complexity index is 724. The quantitative estimate of drug-likeness (QED) is 0.678. The van der Waals surface area contributed by atoms with E-state index >= 15 is 0 Å². The third-order valence-electron chi connectivity index (χ3n) is 4.76. The van der Waals surface area contributed by atoms with Crippen LogP contribution in [0.3, 0.4) is 0 Å². The standard InChI is InChI=1S/C20H26N2O2.ClH/c1-3-14-24-20-9-8-17(16-6-4-5-7-18(16)20)19(23)10-12-22-13-11-21-15(22)2;/h8-9,11,13H,3-7,10,12,14H2,1-2H3;1H. The number of rotatable bonds is 7. The fraction of sp³-hybridized carbons (Fsp3) is 0.500. The number of aromatic nitrogens is 2. The van der Waals surface area contributed by atoms with Crippen molar-refractivity contribution in [1.82, 2.24) is 9.55 Å². The normalized spacial score (nSPS) is 13.0. The van der Waals surface area contributed by atoms with E-state index in [-0.39, 0.29) is 18.2 Å². The lowest BCUT2D eigenvalue weighted by Gasteiger charge is -2.22. The van der Waals surface area contributed by atoms with E-state index < -0.39 is 0 Å². The summed E-state index contributed by atoms with van der Waals surface area (Å²) < 4.78 is 7.93. The van der Waals surface area contributed by atoms with Crippen LogP contribution in [0.1, 0.15) is 59.9 Å². The molecule has 0 saturated carbocycles. The van der Waals surface area contributed by atoms with Gasteiger partial charge in [-0.1, -0.05) is 6.92 Å². The van der Waals surface area contributed by atoms with Crippen LogP contribution in [0.5, 0.6) is 5.75 Å². The number of benzene rings is 1. The summed E-state index contributed by atoms with van der Waals surface area (Å²) in [5.41, 5.74) is 3.38. The zero-order valence-corrected chi connectivity index (χ0v) is 15.9. The molecule has 0 atom stereocenters. The summed E-state index contributed by atoms with van der Waals surface area (Å²) in [6, 6.07) is 3.97. The Morgan fingerprint density at radius 2 is 2.00 bits per heavy atom. The summed E-state index contributed by atoms with van der Waals surface area (Å²) in [6.45, 7) is 5.50. The second kappa shape index (κ2) is 9.04. The average molecular weight is 363 g/mol. The highest BCUT2D eigenvalue weighted by atomic mass is 35.5. The van der Waals surface area contributed by atoms with Gasteiger partial charge in [0.15, 0.2) is 5.78 Å². The van der Waals surface area contributed by atoms with Crippen LogP contribution in [0.4, 0.5) is 0 Å². The molecular formula is C20H27ClN2O2. The van der Waals surface area contributed by atoms with E-state index in [2.05, 4.69) is 11.9 Å². The second-order valence-corrected chi connectivity index (χ2v) is 6.46.